The van der Waals surface area contributed by atoms with Gasteiger partial charge in [-0.1, -0.05) is 17.7 Å². The van der Waals surface area contributed by atoms with Gasteiger partial charge in [0.1, 0.15) is 23.6 Å². The van der Waals surface area contributed by atoms with Crippen LogP contribution in [0.15, 0.2) is 58.7 Å². The summed E-state index contributed by atoms with van der Waals surface area (Å²) in [6.45, 7) is 1.99. The van der Waals surface area contributed by atoms with Gasteiger partial charge in [-0.15, -0.1) is 0 Å². The predicted molar refractivity (Wildman–Crippen MR) is 108 cm³/mol. The Bertz CT molecular complexity index is 1090. The predicted octanol–water partition coefficient (Wildman–Crippen LogP) is 4.21. The van der Waals surface area contributed by atoms with E-state index in [1.807, 2.05) is 37.3 Å². The Morgan fingerprint density at radius 1 is 1.14 bits per heavy atom. The normalized spacial score (nSPS) is 10.9. The molecule has 0 atom stereocenters. The Morgan fingerprint density at radius 3 is 2.52 bits per heavy atom. The molecule has 3 rings (SSSR count). The van der Waals surface area contributed by atoms with E-state index in [0.717, 1.165) is 11.1 Å². The van der Waals surface area contributed by atoms with Crippen LogP contribution in [0.5, 0.6) is 11.5 Å². The Hall–Kier alpha value is -4.05. The zero-order chi connectivity index (χ0) is 20.8. The van der Waals surface area contributed by atoms with Crippen molar-refractivity contribution in [3.63, 3.8) is 0 Å². The molecule has 3 aromatic rings. The van der Waals surface area contributed by atoms with Crippen LogP contribution in [-0.2, 0) is 4.79 Å². The molecule has 0 bridgehead atoms. The van der Waals surface area contributed by atoms with Crippen molar-refractivity contribution < 1.29 is 18.7 Å². The van der Waals surface area contributed by atoms with E-state index < -0.39 is 5.91 Å². The first-order valence-corrected chi connectivity index (χ1v) is 8.71. The van der Waals surface area contributed by atoms with E-state index in [1.54, 1.807) is 18.2 Å². The lowest BCUT2D eigenvalue weighted by Gasteiger charge is -2.10. The molecule has 1 heterocycles. The van der Waals surface area contributed by atoms with Gasteiger partial charge in [-0.3, -0.25) is 4.79 Å². The van der Waals surface area contributed by atoms with E-state index in [-0.39, 0.29) is 5.57 Å². The zero-order valence-electron chi connectivity index (χ0n) is 16.2. The molecule has 0 radical (unpaired) electrons. The monoisotopic (exact) mass is 389 g/mol. The minimum Gasteiger partial charge on any atom is -0.493 e. The number of nitrogens with zero attached hydrogens (tertiary/aromatic N) is 2. The summed E-state index contributed by atoms with van der Waals surface area (Å²) in [5, 5.41) is 12.1. The number of rotatable bonds is 6. The van der Waals surface area contributed by atoms with Crippen molar-refractivity contribution in [2.45, 2.75) is 6.92 Å². The number of hydrogen-bond acceptors (Lipinski definition) is 6. The molecule has 0 aliphatic heterocycles. The highest BCUT2D eigenvalue weighted by Crippen LogP contribution is 2.30. The van der Waals surface area contributed by atoms with E-state index >= 15 is 0 Å². The first kappa shape index (κ1) is 19.7. The van der Waals surface area contributed by atoms with Gasteiger partial charge >= 0.3 is 0 Å². The van der Waals surface area contributed by atoms with Gasteiger partial charge in [0, 0.05) is 17.3 Å². The molecule has 0 saturated heterocycles. The number of hydrogen-bond donors (Lipinski definition) is 1. The number of aromatic nitrogens is 1. The van der Waals surface area contributed by atoms with Crippen LogP contribution in [0.25, 0.3) is 17.5 Å². The lowest BCUT2D eigenvalue weighted by Crippen LogP contribution is -2.13. The molecule has 1 N–H and O–H groups in total. The second kappa shape index (κ2) is 8.76. The lowest BCUT2D eigenvalue weighted by molar-refractivity contribution is -0.112. The summed E-state index contributed by atoms with van der Waals surface area (Å²) >= 11 is 0. The molecule has 2 aromatic carbocycles. The van der Waals surface area contributed by atoms with Crippen molar-refractivity contribution >= 4 is 17.7 Å². The average Bonchev–Trinajstić information content (AvgIpc) is 3.21. The maximum Gasteiger partial charge on any atom is 0.266 e. The molecule has 7 heteroatoms. The van der Waals surface area contributed by atoms with Gasteiger partial charge < -0.3 is 19.2 Å². The molecule has 0 spiro atoms. The summed E-state index contributed by atoms with van der Waals surface area (Å²) in [4.78, 5) is 16.8. The second-order valence-electron chi connectivity index (χ2n) is 6.14. The Labute approximate surface area is 168 Å². The van der Waals surface area contributed by atoms with Crippen molar-refractivity contribution in [1.29, 1.82) is 5.26 Å². The summed E-state index contributed by atoms with van der Waals surface area (Å²) in [5.41, 5.74) is 2.67. The summed E-state index contributed by atoms with van der Waals surface area (Å²) in [6, 6.07) is 14.5. The van der Waals surface area contributed by atoms with Crippen LogP contribution in [0, 0.1) is 18.3 Å². The highest BCUT2D eigenvalue weighted by atomic mass is 16.5. The number of nitrogens with one attached hydrogen (secondary N) is 1. The van der Waals surface area contributed by atoms with Crippen LogP contribution in [0.1, 0.15) is 11.3 Å². The van der Waals surface area contributed by atoms with Crippen LogP contribution in [0.3, 0.4) is 0 Å². The van der Waals surface area contributed by atoms with Crippen molar-refractivity contribution in [1.82, 2.24) is 4.98 Å². The Balaban J connectivity index is 1.79. The van der Waals surface area contributed by atoms with Crippen LogP contribution in [0.2, 0.25) is 0 Å². The number of aryl methyl sites for hydroxylation is 1. The van der Waals surface area contributed by atoms with Crippen molar-refractivity contribution in [3.8, 4) is 29.0 Å². The molecule has 1 aromatic heterocycles. The largest absolute Gasteiger partial charge is 0.493 e. The van der Waals surface area contributed by atoms with Gasteiger partial charge in [-0.05, 0) is 37.3 Å². The molecule has 0 saturated carbocycles. The number of amides is 1. The summed E-state index contributed by atoms with van der Waals surface area (Å²) in [6.07, 6.45) is 2.77. The maximum absolute atomic E-state index is 12.5. The van der Waals surface area contributed by atoms with Crippen LogP contribution in [0.4, 0.5) is 5.69 Å². The first-order valence-electron chi connectivity index (χ1n) is 8.71. The number of benzene rings is 2. The standard InChI is InChI=1S/C22H19N3O4/c1-14-4-6-15(7-5-14)22-25-18(13-29-22)10-16(12-23)21(26)24-17-8-9-19(27-2)20(11-17)28-3/h4-11,13H,1-3H3,(H,24,26). The molecular weight excluding hydrogens is 370 g/mol. The van der Waals surface area contributed by atoms with Crippen molar-refractivity contribution in [3.05, 3.63) is 65.6 Å². The van der Waals surface area contributed by atoms with E-state index in [2.05, 4.69) is 10.3 Å². The van der Waals surface area contributed by atoms with Gasteiger partial charge in [0.25, 0.3) is 5.91 Å². The van der Waals surface area contributed by atoms with E-state index in [1.165, 1.54) is 26.6 Å². The van der Waals surface area contributed by atoms with Gasteiger partial charge in [-0.25, -0.2) is 4.98 Å². The third-order valence-corrected chi connectivity index (χ3v) is 4.12. The lowest BCUT2D eigenvalue weighted by atomic mass is 10.1. The fourth-order valence-corrected chi connectivity index (χ4v) is 2.59. The molecule has 29 heavy (non-hydrogen) atoms. The molecular formula is C22H19N3O4. The van der Waals surface area contributed by atoms with Crippen LogP contribution in [-0.4, -0.2) is 25.1 Å². The highest BCUT2D eigenvalue weighted by Gasteiger charge is 2.13. The number of carbonyl (C=O) groups excluding carboxylic acids is 1. The minimum atomic E-state index is -0.570. The van der Waals surface area contributed by atoms with Gasteiger partial charge in [0.2, 0.25) is 5.89 Å². The Morgan fingerprint density at radius 2 is 1.86 bits per heavy atom. The number of ether oxygens (including phenoxy) is 2. The first-order chi connectivity index (χ1) is 14.0. The third-order valence-electron chi connectivity index (χ3n) is 4.12. The average molecular weight is 389 g/mol. The van der Waals surface area contributed by atoms with E-state index in [4.69, 9.17) is 13.9 Å². The van der Waals surface area contributed by atoms with E-state index in [0.29, 0.717) is 28.8 Å². The van der Waals surface area contributed by atoms with Gasteiger partial charge in [0.15, 0.2) is 11.5 Å². The maximum atomic E-state index is 12.5. The van der Waals surface area contributed by atoms with Crippen molar-refractivity contribution in [2.24, 2.45) is 0 Å². The molecule has 0 unspecified atom stereocenters. The minimum absolute atomic E-state index is 0.108. The number of nitriles is 1. The quantitative estimate of drug-likeness (QED) is 0.501. The van der Waals surface area contributed by atoms with Crippen LogP contribution >= 0.6 is 0 Å². The SMILES string of the molecule is COc1ccc(NC(=O)C(C#N)=Cc2coc(-c3ccc(C)cc3)n2)cc1OC. The molecule has 1 amide bonds. The summed E-state index contributed by atoms with van der Waals surface area (Å²) in [5.74, 6) is 0.841. The number of anilines is 1. The molecule has 0 aliphatic carbocycles. The molecule has 0 aliphatic rings. The molecule has 146 valence electrons. The topological polar surface area (TPSA) is 97.4 Å². The number of oxazole rings is 1. The summed E-state index contributed by atoms with van der Waals surface area (Å²) < 4.78 is 15.8. The van der Waals surface area contributed by atoms with E-state index in [9.17, 15) is 10.1 Å². The smallest absolute Gasteiger partial charge is 0.266 e. The molecule has 7 nitrogen and oxygen atoms in total. The second-order valence-corrected chi connectivity index (χ2v) is 6.14. The number of carbonyl (C=O) groups is 1. The molecule has 0 fully saturated rings. The fraction of sp³-hybridized carbons (Fsp3) is 0.136. The fourth-order valence-electron chi connectivity index (χ4n) is 2.59. The zero-order valence-corrected chi connectivity index (χ0v) is 16.2. The van der Waals surface area contributed by atoms with Gasteiger partial charge in [0.05, 0.1) is 14.2 Å². The summed E-state index contributed by atoms with van der Waals surface area (Å²) in [7, 11) is 3.02. The van der Waals surface area contributed by atoms with Crippen LogP contribution < -0.4 is 14.8 Å². The highest BCUT2D eigenvalue weighted by molar-refractivity contribution is 6.09. The van der Waals surface area contributed by atoms with Gasteiger partial charge in [-0.2, -0.15) is 5.26 Å². The van der Waals surface area contributed by atoms with Crippen molar-refractivity contribution in [2.75, 3.05) is 19.5 Å². The Kier molecular flexibility index (Phi) is 5.95. The number of methoxy groups -OCH3 is 2. The third kappa shape index (κ3) is 4.62.